The first kappa shape index (κ1) is 19.7. The van der Waals surface area contributed by atoms with E-state index in [4.69, 9.17) is 5.73 Å². The Kier molecular flexibility index (Phi) is 6.40. The van der Waals surface area contributed by atoms with Gasteiger partial charge in [-0.05, 0) is 43.9 Å². The summed E-state index contributed by atoms with van der Waals surface area (Å²) in [4.78, 5) is 29.7. The second-order valence-electron chi connectivity index (χ2n) is 8.26. The van der Waals surface area contributed by atoms with Gasteiger partial charge < -0.3 is 15.5 Å². The zero-order valence-electron chi connectivity index (χ0n) is 16.7. The van der Waals surface area contributed by atoms with Crippen LogP contribution >= 0.6 is 0 Å². The zero-order chi connectivity index (χ0) is 19.4. The average molecular weight is 372 g/mol. The van der Waals surface area contributed by atoms with E-state index in [9.17, 15) is 9.59 Å². The molecule has 2 saturated carbocycles. The van der Waals surface area contributed by atoms with E-state index in [2.05, 4.69) is 0 Å². The Labute approximate surface area is 162 Å². The number of carbonyl (C=O) groups excluding carboxylic acids is 2. The monoisotopic (exact) mass is 371 g/mol. The third kappa shape index (κ3) is 4.63. The summed E-state index contributed by atoms with van der Waals surface area (Å²) in [5.41, 5.74) is 7.56. The van der Waals surface area contributed by atoms with Gasteiger partial charge >= 0.3 is 0 Å². The third-order valence-electron chi connectivity index (χ3n) is 6.33. The second kappa shape index (κ2) is 8.77. The van der Waals surface area contributed by atoms with Crippen LogP contribution in [0.1, 0.15) is 84.9 Å². The summed E-state index contributed by atoms with van der Waals surface area (Å²) >= 11 is 0. The van der Waals surface area contributed by atoms with Gasteiger partial charge in [0.15, 0.2) is 0 Å². The normalized spacial score (nSPS) is 18.9. The van der Waals surface area contributed by atoms with Gasteiger partial charge in [-0.25, -0.2) is 0 Å². The lowest BCUT2D eigenvalue weighted by Crippen LogP contribution is -2.39. The van der Waals surface area contributed by atoms with E-state index in [1.165, 1.54) is 38.5 Å². The molecule has 1 aromatic rings. The molecule has 148 valence electrons. The van der Waals surface area contributed by atoms with Crippen molar-refractivity contribution in [2.75, 3.05) is 19.8 Å². The van der Waals surface area contributed by atoms with Crippen molar-refractivity contribution in [3.63, 3.8) is 0 Å². The highest BCUT2D eigenvalue weighted by molar-refractivity contribution is 6.01. The van der Waals surface area contributed by atoms with Crippen molar-refractivity contribution in [3.8, 4) is 0 Å². The molecule has 2 amide bonds. The maximum Gasteiger partial charge on any atom is 0.253 e. The Hall–Kier alpha value is -2.04. The van der Waals surface area contributed by atoms with E-state index in [1.807, 2.05) is 23.9 Å². The highest BCUT2D eigenvalue weighted by atomic mass is 16.2. The quantitative estimate of drug-likeness (QED) is 0.811. The first-order valence-corrected chi connectivity index (χ1v) is 10.4. The van der Waals surface area contributed by atoms with Gasteiger partial charge in [0, 0.05) is 43.0 Å². The smallest absolute Gasteiger partial charge is 0.253 e. The highest BCUT2D eigenvalue weighted by Gasteiger charge is 2.26. The minimum absolute atomic E-state index is 0.0384. The van der Waals surface area contributed by atoms with Gasteiger partial charge in [0.25, 0.3) is 11.8 Å². The predicted octanol–water partition coefficient (Wildman–Crippen LogP) is 4.08. The molecule has 5 heteroatoms. The molecule has 0 saturated heterocycles. The van der Waals surface area contributed by atoms with Crippen molar-refractivity contribution < 1.29 is 9.59 Å². The number of nitrogens with zero attached hydrogens (tertiary/aromatic N) is 2. The summed E-state index contributed by atoms with van der Waals surface area (Å²) in [7, 11) is 3.74. The number of rotatable bonds is 4. The number of amides is 2. The molecule has 0 radical (unpaired) electrons. The summed E-state index contributed by atoms with van der Waals surface area (Å²) in [5.74, 6) is -0.0767. The molecular formula is C22H33N3O2. The molecule has 0 bridgehead atoms. The van der Waals surface area contributed by atoms with Crippen LogP contribution in [0.15, 0.2) is 18.2 Å². The molecule has 0 aromatic heterocycles. The van der Waals surface area contributed by atoms with Crippen molar-refractivity contribution in [3.05, 3.63) is 29.3 Å². The number of nitrogen functional groups attached to an aromatic ring is 1. The molecule has 27 heavy (non-hydrogen) atoms. The largest absolute Gasteiger partial charge is 0.399 e. The minimum atomic E-state index is -0.0384. The highest BCUT2D eigenvalue weighted by Crippen LogP contribution is 2.26. The predicted molar refractivity (Wildman–Crippen MR) is 109 cm³/mol. The van der Waals surface area contributed by atoms with Gasteiger partial charge in [-0.1, -0.05) is 38.5 Å². The van der Waals surface area contributed by atoms with Crippen molar-refractivity contribution in [2.45, 2.75) is 76.3 Å². The van der Waals surface area contributed by atoms with Gasteiger partial charge in [-0.3, -0.25) is 9.59 Å². The second-order valence-corrected chi connectivity index (χ2v) is 8.26. The number of anilines is 1. The Morgan fingerprint density at radius 1 is 0.741 bits per heavy atom. The maximum absolute atomic E-state index is 13.0. The molecule has 0 aliphatic heterocycles. The molecule has 1 aromatic carbocycles. The molecule has 2 N–H and O–H groups in total. The molecule has 2 fully saturated rings. The van der Waals surface area contributed by atoms with Crippen molar-refractivity contribution in [1.82, 2.24) is 9.80 Å². The van der Waals surface area contributed by atoms with Crippen LogP contribution < -0.4 is 5.73 Å². The fraction of sp³-hybridized carbons (Fsp3) is 0.636. The Bertz CT molecular complexity index is 622. The van der Waals surface area contributed by atoms with Crippen LogP contribution in [-0.4, -0.2) is 47.8 Å². The first-order valence-electron chi connectivity index (χ1n) is 10.4. The summed E-state index contributed by atoms with van der Waals surface area (Å²) in [6, 6.07) is 5.69. The van der Waals surface area contributed by atoms with E-state index in [0.717, 1.165) is 25.7 Å². The third-order valence-corrected chi connectivity index (χ3v) is 6.33. The summed E-state index contributed by atoms with van der Waals surface area (Å²) in [5, 5.41) is 0. The van der Waals surface area contributed by atoms with Gasteiger partial charge in [-0.2, -0.15) is 0 Å². The molecular weight excluding hydrogens is 338 g/mol. The maximum atomic E-state index is 13.0. The molecule has 3 rings (SSSR count). The first-order chi connectivity index (χ1) is 13.0. The van der Waals surface area contributed by atoms with Crippen LogP contribution in [0.25, 0.3) is 0 Å². The molecule has 0 heterocycles. The van der Waals surface area contributed by atoms with Gasteiger partial charge in [0.05, 0.1) is 0 Å². The van der Waals surface area contributed by atoms with E-state index in [1.54, 1.807) is 18.2 Å². The topological polar surface area (TPSA) is 66.6 Å². The van der Waals surface area contributed by atoms with Crippen LogP contribution in [0.2, 0.25) is 0 Å². The summed E-state index contributed by atoms with van der Waals surface area (Å²) in [6.07, 6.45) is 11.4. The SMILES string of the molecule is CN(C(=O)c1cc(N)cc(C(=O)N(C)C2CCCCC2)c1)C1CCCCC1. The molecule has 5 nitrogen and oxygen atoms in total. The van der Waals surface area contributed by atoms with E-state index >= 15 is 0 Å². The van der Waals surface area contributed by atoms with Crippen molar-refractivity contribution >= 4 is 17.5 Å². The van der Waals surface area contributed by atoms with Gasteiger partial charge in [-0.15, -0.1) is 0 Å². The molecule has 0 unspecified atom stereocenters. The lowest BCUT2D eigenvalue weighted by molar-refractivity contribution is 0.0694. The number of carbonyl (C=O) groups is 2. The average Bonchev–Trinajstić information content (AvgIpc) is 2.72. The van der Waals surface area contributed by atoms with Crippen molar-refractivity contribution in [2.24, 2.45) is 0 Å². The molecule has 2 aliphatic rings. The summed E-state index contributed by atoms with van der Waals surface area (Å²) < 4.78 is 0. The molecule has 2 aliphatic carbocycles. The fourth-order valence-corrected chi connectivity index (χ4v) is 4.57. The van der Waals surface area contributed by atoms with E-state index in [-0.39, 0.29) is 23.9 Å². The molecule has 0 spiro atoms. The van der Waals surface area contributed by atoms with Gasteiger partial charge in [0.1, 0.15) is 0 Å². The number of hydrogen-bond acceptors (Lipinski definition) is 3. The lowest BCUT2D eigenvalue weighted by atomic mass is 9.93. The van der Waals surface area contributed by atoms with Crippen LogP contribution in [-0.2, 0) is 0 Å². The van der Waals surface area contributed by atoms with Crippen LogP contribution in [0.4, 0.5) is 5.69 Å². The Morgan fingerprint density at radius 3 is 1.48 bits per heavy atom. The lowest BCUT2D eigenvalue weighted by Gasteiger charge is -2.32. The number of hydrogen-bond donors (Lipinski definition) is 1. The minimum Gasteiger partial charge on any atom is -0.399 e. The standard InChI is InChI=1S/C22H33N3O2/c1-24(19-9-5-3-6-10-19)21(26)16-13-17(15-18(23)14-16)22(27)25(2)20-11-7-4-8-12-20/h13-15,19-20H,3-12,23H2,1-2H3. The van der Waals surface area contributed by atoms with E-state index < -0.39 is 0 Å². The molecule has 0 atom stereocenters. The fourth-order valence-electron chi connectivity index (χ4n) is 4.57. The Balaban J connectivity index is 1.76. The van der Waals surface area contributed by atoms with Crippen molar-refractivity contribution in [1.29, 1.82) is 0 Å². The van der Waals surface area contributed by atoms with Crippen LogP contribution in [0, 0.1) is 0 Å². The zero-order valence-corrected chi connectivity index (χ0v) is 16.7. The number of nitrogens with two attached hydrogens (primary N) is 1. The van der Waals surface area contributed by atoms with Crippen LogP contribution in [0.3, 0.4) is 0 Å². The number of benzene rings is 1. The van der Waals surface area contributed by atoms with Gasteiger partial charge in [0.2, 0.25) is 0 Å². The Morgan fingerprint density at radius 2 is 1.11 bits per heavy atom. The van der Waals surface area contributed by atoms with E-state index in [0.29, 0.717) is 16.8 Å². The van der Waals surface area contributed by atoms with Crippen LogP contribution in [0.5, 0.6) is 0 Å². The summed E-state index contributed by atoms with van der Waals surface area (Å²) in [6.45, 7) is 0.